The van der Waals surface area contributed by atoms with Crippen LogP contribution in [-0.4, -0.2) is 22.5 Å². The van der Waals surface area contributed by atoms with Crippen LogP contribution in [0.15, 0.2) is 0 Å². The fourth-order valence-electron chi connectivity index (χ4n) is 0.538. The van der Waals surface area contributed by atoms with E-state index in [-0.39, 0.29) is 0 Å². The first-order chi connectivity index (χ1) is 3.90. The molecule has 0 amide bonds. The quantitative estimate of drug-likeness (QED) is 0.526. The Bertz CT molecular complexity index is 170. The minimum absolute atomic E-state index is 0.741. The zero-order valence-electron chi connectivity index (χ0n) is 4.40. The van der Waals surface area contributed by atoms with Gasteiger partial charge in [0.25, 0.3) is 5.92 Å². The molecule has 1 saturated carbocycles. The Balaban J connectivity index is 2.74. The molecule has 0 heterocycles. The largest absolute Gasteiger partial charge is 0.480 e. The molecular weight excluding hydrogens is 132 g/mol. The van der Waals surface area contributed by atoms with Gasteiger partial charge in [-0.25, -0.2) is 13.6 Å². The van der Waals surface area contributed by atoms with E-state index < -0.39 is 23.9 Å². The summed E-state index contributed by atoms with van der Waals surface area (Å²) in [7, 11) is 0. The van der Waals surface area contributed by atoms with Gasteiger partial charge < -0.3 is 10.8 Å². The highest BCUT2D eigenvalue weighted by Crippen LogP contribution is 2.50. The van der Waals surface area contributed by atoms with Crippen LogP contribution in [0, 0.1) is 0 Å². The predicted molar refractivity (Wildman–Crippen MR) is 24.1 cm³/mol. The van der Waals surface area contributed by atoms with Crippen LogP contribution in [0.1, 0.15) is 6.42 Å². The van der Waals surface area contributed by atoms with Crippen molar-refractivity contribution in [1.82, 2.24) is 0 Å². The Morgan fingerprint density at radius 2 is 2.00 bits per heavy atom. The van der Waals surface area contributed by atoms with Crippen LogP contribution in [0.5, 0.6) is 0 Å². The molecule has 3 N–H and O–H groups in total. The molecule has 5 heteroatoms. The Labute approximate surface area is 49.5 Å². The molecule has 52 valence electrons. The third kappa shape index (κ3) is 0.610. The van der Waals surface area contributed by atoms with Gasteiger partial charge in [0.1, 0.15) is 0 Å². The molecule has 1 atom stereocenters. The van der Waals surface area contributed by atoms with Crippen molar-refractivity contribution >= 4 is 5.97 Å². The molecule has 1 aliphatic rings. The van der Waals surface area contributed by atoms with Crippen LogP contribution < -0.4 is 5.73 Å². The first kappa shape index (κ1) is 6.41. The molecule has 0 aromatic carbocycles. The maximum Gasteiger partial charge on any atom is 0.330 e. The van der Waals surface area contributed by atoms with Crippen LogP contribution in [0.3, 0.4) is 0 Å². The summed E-state index contributed by atoms with van der Waals surface area (Å²) in [6.07, 6.45) is -0.741. The molecule has 0 aliphatic heterocycles. The second-order valence-corrected chi connectivity index (χ2v) is 2.16. The molecule has 1 unspecified atom stereocenters. The first-order valence-electron chi connectivity index (χ1n) is 2.30. The third-order valence-electron chi connectivity index (χ3n) is 1.41. The van der Waals surface area contributed by atoms with Gasteiger partial charge in [-0.05, 0) is 0 Å². The molecule has 9 heavy (non-hydrogen) atoms. The lowest BCUT2D eigenvalue weighted by molar-refractivity contribution is -0.142. The summed E-state index contributed by atoms with van der Waals surface area (Å²) in [5, 5.41) is 8.04. The van der Waals surface area contributed by atoms with Gasteiger partial charge in [-0.1, -0.05) is 0 Å². The number of hydrogen-bond donors (Lipinski definition) is 2. The number of rotatable bonds is 1. The standard InChI is InChI=1S/C4H5F2NO2/c5-4(6)1-3(4,7)2(8)9/h1,7H2,(H,8,9). The second-order valence-electron chi connectivity index (χ2n) is 2.16. The van der Waals surface area contributed by atoms with E-state index in [1.54, 1.807) is 0 Å². The predicted octanol–water partition coefficient (Wildman–Crippen LogP) is -0.193. The molecule has 3 nitrogen and oxygen atoms in total. The van der Waals surface area contributed by atoms with E-state index in [0.717, 1.165) is 0 Å². The highest BCUT2D eigenvalue weighted by Gasteiger charge is 2.74. The third-order valence-corrected chi connectivity index (χ3v) is 1.41. The molecule has 0 spiro atoms. The molecule has 0 saturated heterocycles. The van der Waals surface area contributed by atoms with Gasteiger partial charge in [-0.15, -0.1) is 0 Å². The van der Waals surface area contributed by atoms with Gasteiger partial charge >= 0.3 is 5.97 Å². The van der Waals surface area contributed by atoms with Gasteiger partial charge in [0.05, 0.1) is 0 Å². The monoisotopic (exact) mass is 137 g/mol. The number of aliphatic carboxylic acids is 1. The summed E-state index contributed by atoms with van der Waals surface area (Å²) in [6.45, 7) is 0. The average Bonchev–Trinajstić information content (AvgIpc) is 2.08. The number of carboxylic acids is 1. The van der Waals surface area contributed by atoms with Gasteiger partial charge in [0, 0.05) is 6.42 Å². The van der Waals surface area contributed by atoms with Crippen molar-refractivity contribution in [2.75, 3.05) is 0 Å². The molecule has 0 aromatic rings. The Morgan fingerprint density at radius 3 is 2.00 bits per heavy atom. The smallest absolute Gasteiger partial charge is 0.330 e. The van der Waals surface area contributed by atoms with Crippen LogP contribution >= 0.6 is 0 Å². The van der Waals surface area contributed by atoms with Crippen molar-refractivity contribution < 1.29 is 18.7 Å². The fraction of sp³-hybridized carbons (Fsp3) is 0.750. The van der Waals surface area contributed by atoms with E-state index in [0.29, 0.717) is 0 Å². The van der Waals surface area contributed by atoms with Crippen molar-refractivity contribution in [3.8, 4) is 0 Å². The molecule has 1 rings (SSSR count). The SMILES string of the molecule is NC1(C(=O)O)CC1(F)F. The summed E-state index contributed by atoms with van der Waals surface area (Å²) in [5.41, 5.74) is 2.45. The number of halogens is 2. The van der Waals surface area contributed by atoms with Crippen LogP contribution in [0.25, 0.3) is 0 Å². The molecule has 0 bridgehead atoms. The highest BCUT2D eigenvalue weighted by molar-refractivity contribution is 5.84. The van der Waals surface area contributed by atoms with E-state index in [2.05, 4.69) is 0 Å². The van der Waals surface area contributed by atoms with E-state index in [9.17, 15) is 13.6 Å². The Hall–Kier alpha value is -0.710. The van der Waals surface area contributed by atoms with Crippen molar-refractivity contribution in [2.24, 2.45) is 5.73 Å². The van der Waals surface area contributed by atoms with E-state index in [4.69, 9.17) is 10.8 Å². The Kier molecular flexibility index (Phi) is 0.879. The van der Waals surface area contributed by atoms with Crippen molar-refractivity contribution in [2.45, 2.75) is 17.9 Å². The zero-order valence-corrected chi connectivity index (χ0v) is 4.40. The molecule has 0 radical (unpaired) electrons. The van der Waals surface area contributed by atoms with Gasteiger partial charge in [0.2, 0.25) is 0 Å². The van der Waals surface area contributed by atoms with E-state index in [1.807, 2.05) is 0 Å². The minimum Gasteiger partial charge on any atom is -0.480 e. The molecule has 1 aliphatic carbocycles. The lowest BCUT2D eigenvalue weighted by Crippen LogP contribution is -2.38. The summed E-state index contributed by atoms with van der Waals surface area (Å²) in [5.74, 6) is -4.83. The topological polar surface area (TPSA) is 63.3 Å². The molecule has 0 aromatic heterocycles. The number of carboxylic acid groups (broad SMARTS) is 1. The van der Waals surface area contributed by atoms with Crippen LogP contribution in [0.4, 0.5) is 8.78 Å². The fourth-order valence-corrected chi connectivity index (χ4v) is 0.538. The first-order valence-corrected chi connectivity index (χ1v) is 2.30. The average molecular weight is 137 g/mol. The van der Waals surface area contributed by atoms with Gasteiger partial charge in [0.15, 0.2) is 5.54 Å². The van der Waals surface area contributed by atoms with Crippen molar-refractivity contribution in [1.29, 1.82) is 0 Å². The summed E-state index contributed by atoms with van der Waals surface area (Å²) < 4.78 is 23.9. The number of alkyl halides is 2. The highest BCUT2D eigenvalue weighted by atomic mass is 19.3. The number of hydrogen-bond acceptors (Lipinski definition) is 2. The number of carbonyl (C=O) groups is 1. The Morgan fingerprint density at radius 1 is 1.67 bits per heavy atom. The molecule has 1 fully saturated rings. The summed E-state index contributed by atoms with van der Waals surface area (Å²) >= 11 is 0. The van der Waals surface area contributed by atoms with Crippen molar-refractivity contribution in [3.05, 3.63) is 0 Å². The van der Waals surface area contributed by atoms with Crippen molar-refractivity contribution in [3.63, 3.8) is 0 Å². The van der Waals surface area contributed by atoms with Crippen LogP contribution in [0.2, 0.25) is 0 Å². The second kappa shape index (κ2) is 1.23. The van der Waals surface area contributed by atoms with Gasteiger partial charge in [-0.3, -0.25) is 0 Å². The zero-order chi connectivity index (χ0) is 7.28. The lowest BCUT2D eigenvalue weighted by Gasteiger charge is -2.00. The normalized spacial score (nSPS) is 38.1. The maximum absolute atomic E-state index is 11.9. The summed E-state index contributed by atoms with van der Waals surface area (Å²) in [4.78, 5) is 9.89. The molecular formula is C4H5F2NO2. The van der Waals surface area contributed by atoms with E-state index in [1.165, 1.54) is 0 Å². The number of nitrogens with two attached hydrogens (primary N) is 1. The maximum atomic E-state index is 11.9. The lowest BCUT2D eigenvalue weighted by atomic mass is 10.3. The van der Waals surface area contributed by atoms with E-state index >= 15 is 0 Å². The van der Waals surface area contributed by atoms with Crippen LogP contribution in [-0.2, 0) is 4.79 Å². The summed E-state index contributed by atoms with van der Waals surface area (Å²) in [6, 6.07) is 0. The van der Waals surface area contributed by atoms with Gasteiger partial charge in [-0.2, -0.15) is 0 Å². The minimum atomic E-state index is -3.20.